The Morgan fingerprint density at radius 3 is 2.32 bits per heavy atom. The van der Waals surface area contributed by atoms with Crippen molar-refractivity contribution < 1.29 is 24.2 Å². The first-order valence-corrected chi connectivity index (χ1v) is 7.04. The van der Waals surface area contributed by atoms with E-state index in [4.69, 9.17) is 9.47 Å². The van der Waals surface area contributed by atoms with Crippen molar-refractivity contribution in [3.05, 3.63) is 29.8 Å². The van der Waals surface area contributed by atoms with Crippen LogP contribution in [0.2, 0.25) is 0 Å². The molecule has 0 spiro atoms. The summed E-state index contributed by atoms with van der Waals surface area (Å²) >= 11 is 0. The predicted molar refractivity (Wildman–Crippen MR) is 81.6 cm³/mol. The molecule has 0 heterocycles. The Hall–Kier alpha value is -2.24. The number of methoxy groups -OCH3 is 1. The lowest BCUT2D eigenvalue weighted by molar-refractivity contribution is -0.145. The summed E-state index contributed by atoms with van der Waals surface area (Å²) in [6, 6.07) is 6.54. The van der Waals surface area contributed by atoms with Crippen LogP contribution in [0.3, 0.4) is 0 Å². The number of phenols is 1. The lowest BCUT2D eigenvalue weighted by atomic mass is 9.99. The zero-order chi connectivity index (χ0) is 16.8. The molecule has 2 N–H and O–H groups in total. The van der Waals surface area contributed by atoms with E-state index in [0.717, 1.165) is 5.56 Å². The molecule has 0 radical (unpaired) electrons. The van der Waals surface area contributed by atoms with Gasteiger partial charge < -0.3 is 19.9 Å². The number of phenolic OH excluding ortho intramolecular Hbond substituents is 1. The van der Waals surface area contributed by atoms with Gasteiger partial charge in [-0.15, -0.1) is 0 Å². The molecule has 122 valence electrons. The fraction of sp³-hybridized carbons (Fsp3) is 0.500. The summed E-state index contributed by atoms with van der Waals surface area (Å²) in [5.41, 5.74) is 0.265. The topological polar surface area (TPSA) is 84.9 Å². The summed E-state index contributed by atoms with van der Waals surface area (Å²) in [4.78, 5) is 23.5. The summed E-state index contributed by atoms with van der Waals surface area (Å²) in [6.45, 7) is 5.41. The van der Waals surface area contributed by atoms with Crippen molar-refractivity contribution in [2.45, 2.75) is 32.8 Å². The molecule has 1 aromatic carbocycles. The Morgan fingerprint density at radius 1 is 1.23 bits per heavy atom. The standard InChI is InChI=1S/C16H23NO5/c1-16(2,3)22-15(20)17-10-12(14(19)21-4)9-11-5-7-13(18)8-6-11/h5-8,12,18H,9-10H2,1-4H3,(H,17,20)/t12-/m1/s1. The smallest absolute Gasteiger partial charge is 0.407 e. The normalized spacial score (nSPS) is 12.4. The summed E-state index contributed by atoms with van der Waals surface area (Å²) in [5, 5.41) is 11.8. The van der Waals surface area contributed by atoms with Gasteiger partial charge in [-0.05, 0) is 44.9 Å². The Kier molecular flexibility index (Phi) is 6.22. The number of alkyl carbamates (subject to hydrolysis) is 1. The molecule has 6 nitrogen and oxygen atoms in total. The Balaban J connectivity index is 2.63. The van der Waals surface area contributed by atoms with Crippen molar-refractivity contribution in [3.63, 3.8) is 0 Å². The highest BCUT2D eigenvalue weighted by Crippen LogP contribution is 2.15. The minimum atomic E-state index is -0.595. The fourth-order valence-electron chi connectivity index (χ4n) is 1.84. The van der Waals surface area contributed by atoms with Gasteiger partial charge in [-0.2, -0.15) is 0 Å². The lowest BCUT2D eigenvalue weighted by Crippen LogP contribution is -2.38. The van der Waals surface area contributed by atoms with Gasteiger partial charge in [0.25, 0.3) is 0 Å². The van der Waals surface area contributed by atoms with Crippen LogP contribution in [0.5, 0.6) is 5.75 Å². The van der Waals surface area contributed by atoms with Crippen LogP contribution in [0.1, 0.15) is 26.3 Å². The second-order valence-corrected chi connectivity index (χ2v) is 5.97. The maximum absolute atomic E-state index is 11.8. The van der Waals surface area contributed by atoms with E-state index in [0.29, 0.717) is 6.42 Å². The summed E-state index contributed by atoms with van der Waals surface area (Å²) in [6.07, 6.45) is -0.185. The third-order valence-corrected chi connectivity index (χ3v) is 2.84. The van der Waals surface area contributed by atoms with Crippen LogP contribution in [0.15, 0.2) is 24.3 Å². The number of hydrogen-bond acceptors (Lipinski definition) is 5. The van der Waals surface area contributed by atoms with E-state index in [1.807, 2.05) is 0 Å². The molecule has 0 saturated heterocycles. The third kappa shape index (κ3) is 6.47. The van der Waals surface area contributed by atoms with Crippen molar-refractivity contribution in [3.8, 4) is 5.75 Å². The van der Waals surface area contributed by atoms with Crippen molar-refractivity contribution in [2.75, 3.05) is 13.7 Å². The highest BCUT2D eigenvalue weighted by atomic mass is 16.6. The predicted octanol–water partition coefficient (Wildman–Crippen LogP) is 2.25. The Morgan fingerprint density at radius 2 is 1.82 bits per heavy atom. The van der Waals surface area contributed by atoms with E-state index in [2.05, 4.69) is 5.32 Å². The monoisotopic (exact) mass is 309 g/mol. The minimum Gasteiger partial charge on any atom is -0.508 e. The average Bonchev–Trinajstić information content (AvgIpc) is 2.42. The fourth-order valence-corrected chi connectivity index (χ4v) is 1.84. The van der Waals surface area contributed by atoms with Gasteiger partial charge in [0.05, 0.1) is 13.0 Å². The molecule has 0 saturated carbocycles. The van der Waals surface area contributed by atoms with Crippen LogP contribution in [-0.4, -0.2) is 36.4 Å². The number of rotatable bonds is 5. The molecule has 0 aliphatic heterocycles. The number of ether oxygens (including phenoxy) is 2. The van der Waals surface area contributed by atoms with Gasteiger partial charge in [0.15, 0.2) is 0 Å². The minimum absolute atomic E-state index is 0.114. The first-order valence-electron chi connectivity index (χ1n) is 7.04. The average molecular weight is 309 g/mol. The van der Waals surface area contributed by atoms with E-state index in [1.165, 1.54) is 7.11 Å². The van der Waals surface area contributed by atoms with E-state index >= 15 is 0 Å². The molecular formula is C16H23NO5. The van der Waals surface area contributed by atoms with Crippen LogP contribution in [0.4, 0.5) is 4.79 Å². The second kappa shape index (κ2) is 7.68. The van der Waals surface area contributed by atoms with Gasteiger partial charge in [0, 0.05) is 6.54 Å². The first-order chi connectivity index (χ1) is 10.2. The SMILES string of the molecule is COC(=O)[C@@H](CNC(=O)OC(C)(C)C)Cc1ccc(O)cc1. The van der Waals surface area contributed by atoms with Crippen molar-refractivity contribution in [1.29, 1.82) is 0 Å². The molecule has 1 amide bonds. The lowest BCUT2D eigenvalue weighted by Gasteiger charge is -2.21. The Labute approximate surface area is 130 Å². The second-order valence-electron chi connectivity index (χ2n) is 5.97. The number of benzene rings is 1. The van der Waals surface area contributed by atoms with Crippen LogP contribution in [0, 0.1) is 5.92 Å². The maximum atomic E-state index is 11.8. The number of carbonyl (C=O) groups excluding carboxylic acids is 2. The third-order valence-electron chi connectivity index (χ3n) is 2.84. The first kappa shape index (κ1) is 17.8. The number of amides is 1. The van der Waals surface area contributed by atoms with Gasteiger partial charge in [-0.25, -0.2) is 4.79 Å². The van der Waals surface area contributed by atoms with Crippen LogP contribution >= 0.6 is 0 Å². The number of aromatic hydroxyl groups is 1. The quantitative estimate of drug-likeness (QED) is 0.815. The van der Waals surface area contributed by atoms with Crippen LogP contribution < -0.4 is 5.32 Å². The van der Waals surface area contributed by atoms with Gasteiger partial charge >= 0.3 is 12.1 Å². The molecule has 6 heteroatoms. The van der Waals surface area contributed by atoms with E-state index in [-0.39, 0.29) is 12.3 Å². The maximum Gasteiger partial charge on any atom is 0.407 e. The van der Waals surface area contributed by atoms with Crippen LogP contribution in [-0.2, 0) is 20.7 Å². The Bertz CT molecular complexity index is 504. The van der Waals surface area contributed by atoms with Gasteiger partial charge in [0.1, 0.15) is 11.4 Å². The van der Waals surface area contributed by atoms with Gasteiger partial charge in [-0.1, -0.05) is 12.1 Å². The van der Waals surface area contributed by atoms with E-state index < -0.39 is 23.6 Å². The molecule has 0 bridgehead atoms. The number of nitrogens with one attached hydrogen (secondary N) is 1. The number of hydrogen-bond donors (Lipinski definition) is 2. The molecule has 22 heavy (non-hydrogen) atoms. The van der Waals surface area contributed by atoms with Crippen molar-refractivity contribution >= 4 is 12.1 Å². The van der Waals surface area contributed by atoms with E-state index in [1.54, 1.807) is 45.0 Å². The highest BCUT2D eigenvalue weighted by Gasteiger charge is 2.22. The van der Waals surface area contributed by atoms with Crippen molar-refractivity contribution in [2.24, 2.45) is 5.92 Å². The highest BCUT2D eigenvalue weighted by molar-refractivity contribution is 5.74. The molecule has 0 aliphatic rings. The largest absolute Gasteiger partial charge is 0.508 e. The summed E-state index contributed by atoms with van der Waals surface area (Å²) in [7, 11) is 1.31. The molecule has 0 aromatic heterocycles. The number of esters is 1. The van der Waals surface area contributed by atoms with Gasteiger partial charge in [-0.3, -0.25) is 4.79 Å². The summed E-state index contributed by atoms with van der Waals surface area (Å²) in [5.74, 6) is -0.781. The van der Waals surface area contributed by atoms with E-state index in [9.17, 15) is 14.7 Å². The molecular weight excluding hydrogens is 286 g/mol. The molecule has 1 aromatic rings. The molecule has 0 fully saturated rings. The molecule has 0 aliphatic carbocycles. The summed E-state index contributed by atoms with van der Waals surface area (Å²) < 4.78 is 9.89. The van der Waals surface area contributed by atoms with Gasteiger partial charge in [0.2, 0.25) is 0 Å². The molecule has 1 atom stereocenters. The molecule has 1 rings (SSSR count). The zero-order valence-electron chi connectivity index (χ0n) is 13.4. The molecule has 0 unspecified atom stereocenters. The zero-order valence-corrected chi connectivity index (χ0v) is 13.4. The van der Waals surface area contributed by atoms with Crippen molar-refractivity contribution in [1.82, 2.24) is 5.32 Å². The number of carbonyl (C=O) groups is 2. The van der Waals surface area contributed by atoms with Crippen LogP contribution in [0.25, 0.3) is 0 Å².